The molecule has 0 radical (unpaired) electrons. The smallest absolute Gasteiger partial charge is 0.255 e. The second kappa shape index (κ2) is 7.58. The van der Waals surface area contributed by atoms with Crippen molar-refractivity contribution in [2.45, 2.75) is 13.8 Å². The zero-order chi connectivity index (χ0) is 14.4. The first-order chi connectivity index (χ1) is 9.01. The fraction of sp³-hybridized carbons (Fsp3) is 0.462. The van der Waals surface area contributed by atoms with Crippen LogP contribution in [0.5, 0.6) is 0 Å². The average molecular weight is 305 g/mol. The minimum Gasteiger partial charge on any atom is -0.399 e. The number of likely N-dealkylation sites (N-methyl/N-ethyl adjacent to an activating group) is 1. The molecule has 0 atom stereocenters. The highest BCUT2D eigenvalue weighted by molar-refractivity contribution is 6.44. The number of anilines is 1. The highest BCUT2D eigenvalue weighted by Gasteiger charge is 2.19. The number of rotatable bonds is 6. The maximum Gasteiger partial charge on any atom is 0.255 e. The molecule has 1 aromatic rings. The van der Waals surface area contributed by atoms with E-state index in [-0.39, 0.29) is 16.0 Å². The molecule has 0 aromatic heterocycles. The topological polar surface area (TPSA) is 55.6 Å². The average Bonchev–Trinajstić information content (AvgIpc) is 2.38. The van der Waals surface area contributed by atoms with Gasteiger partial charge in [0.05, 0.1) is 22.2 Å². The Morgan fingerprint density at radius 1 is 1.37 bits per heavy atom. The lowest BCUT2D eigenvalue weighted by Gasteiger charge is -2.21. The molecule has 4 nitrogen and oxygen atoms in total. The van der Waals surface area contributed by atoms with Crippen LogP contribution in [0.2, 0.25) is 10.0 Å². The third-order valence-electron chi connectivity index (χ3n) is 2.66. The van der Waals surface area contributed by atoms with Crippen LogP contribution < -0.4 is 5.73 Å². The molecule has 0 saturated carbocycles. The molecule has 0 spiro atoms. The molecule has 0 fully saturated rings. The second-order valence-corrected chi connectivity index (χ2v) is 4.73. The van der Waals surface area contributed by atoms with Crippen molar-refractivity contribution in [3.8, 4) is 0 Å². The number of ether oxygens (including phenoxy) is 1. The monoisotopic (exact) mass is 304 g/mol. The summed E-state index contributed by atoms with van der Waals surface area (Å²) < 4.78 is 5.25. The maximum atomic E-state index is 12.4. The van der Waals surface area contributed by atoms with Crippen LogP contribution in [0, 0.1) is 0 Å². The number of halogens is 2. The van der Waals surface area contributed by atoms with Crippen LogP contribution in [-0.2, 0) is 4.74 Å². The van der Waals surface area contributed by atoms with Gasteiger partial charge in [0.25, 0.3) is 5.91 Å². The van der Waals surface area contributed by atoms with Crippen LogP contribution in [0.25, 0.3) is 0 Å². The molecule has 2 N–H and O–H groups in total. The van der Waals surface area contributed by atoms with Gasteiger partial charge in [-0.1, -0.05) is 23.2 Å². The molecule has 106 valence electrons. The van der Waals surface area contributed by atoms with Gasteiger partial charge in [0, 0.05) is 25.4 Å². The number of benzene rings is 1. The van der Waals surface area contributed by atoms with Gasteiger partial charge in [0.1, 0.15) is 0 Å². The quantitative estimate of drug-likeness (QED) is 0.649. The minimum atomic E-state index is -0.193. The summed E-state index contributed by atoms with van der Waals surface area (Å²) in [6.45, 7) is 5.99. The molecular weight excluding hydrogens is 287 g/mol. The van der Waals surface area contributed by atoms with Gasteiger partial charge in [0.2, 0.25) is 0 Å². The van der Waals surface area contributed by atoms with Crippen molar-refractivity contribution < 1.29 is 9.53 Å². The van der Waals surface area contributed by atoms with E-state index < -0.39 is 0 Å². The minimum absolute atomic E-state index is 0.193. The number of nitrogen functional groups attached to an aromatic ring is 1. The molecule has 0 unspecified atom stereocenters. The number of carbonyl (C=O) groups is 1. The number of nitrogens with zero attached hydrogens (tertiary/aromatic N) is 1. The Morgan fingerprint density at radius 2 is 2.05 bits per heavy atom. The van der Waals surface area contributed by atoms with E-state index in [2.05, 4.69) is 0 Å². The maximum absolute atomic E-state index is 12.4. The Balaban J connectivity index is 2.91. The molecule has 1 rings (SSSR count). The van der Waals surface area contributed by atoms with E-state index in [9.17, 15) is 4.79 Å². The largest absolute Gasteiger partial charge is 0.399 e. The fourth-order valence-electron chi connectivity index (χ4n) is 1.66. The summed E-state index contributed by atoms with van der Waals surface area (Å²) in [5.74, 6) is -0.193. The van der Waals surface area contributed by atoms with Crippen LogP contribution in [-0.4, -0.2) is 37.1 Å². The van der Waals surface area contributed by atoms with E-state index in [4.69, 9.17) is 33.7 Å². The van der Waals surface area contributed by atoms with Crippen molar-refractivity contribution in [2.75, 3.05) is 32.0 Å². The molecule has 0 aliphatic heterocycles. The number of hydrogen-bond acceptors (Lipinski definition) is 3. The van der Waals surface area contributed by atoms with E-state index in [1.165, 1.54) is 6.07 Å². The Morgan fingerprint density at radius 3 is 2.63 bits per heavy atom. The van der Waals surface area contributed by atoms with Crippen LogP contribution in [0.4, 0.5) is 5.69 Å². The highest BCUT2D eigenvalue weighted by Crippen LogP contribution is 2.29. The van der Waals surface area contributed by atoms with Gasteiger partial charge in [0.15, 0.2) is 0 Å². The van der Waals surface area contributed by atoms with Gasteiger partial charge in [-0.3, -0.25) is 4.79 Å². The molecular formula is C13H18Cl2N2O2. The van der Waals surface area contributed by atoms with E-state index >= 15 is 0 Å². The number of nitrogens with two attached hydrogens (primary N) is 1. The zero-order valence-electron chi connectivity index (χ0n) is 11.1. The first-order valence-corrected chi connectivity index (χ1v) is 6.88. The molecule has 0 aliphatic rings. The lowest BCUT2D eigenvalue weighted by Crippen LogP contribution is -2.34. The Hall–Kier alpha value is -0.970. The lowest BCUT2D eigenvalue weighted by molar-refractivity contribution is 0.0669. The first kappa shape index (κ1) is 16.1. The van der Waals surface area contributed by atoms with Crippen molar-refractivity contribution in [3.63, 3.8) is 0 Å². The van der Waals surface area contributed by atoms with Crippen LogP contribution in [0.15, 0.2) is 12.1 Å². The molecule has 1 amide bonds. The van der Waals surface area contributed by atoms with Gasteiger partial charge in [-0.2, -0.15) is 0 Å². The lowest BCUT2D eigenvalue weighted by atomic mass is 10.1. The van der Waals surface area contributed by atoms with Crippen LogP contribution in [0.1, 0.15) is 24.2 Å². The van der Waals surface area contributed by atoms with Crippen molar-refractivity contribution in [3.05, 3.63) is 27.7 Å². The van der Waals surface area contributed by atoms with Gasteiger partial charge in [-0.25, -0.2) is 0 Å². The van der Waals surface area contributed by atoms with E-state index in [0.29, 0.717) is 37.6 Å². The summed E-state index contributed by atoms with van der Waals surface area (Å²) in [6.07, 6.45) is 0. The predicted octanol–water partition coefficient (Wildman–Crippen LogP) is 3.07. The molecule has 0 saturated heterocycles. The van der Waals surface area contributed by atoms with Crippen molar-refractivity contribution in [2.24, 2.45) is 0 Å². The van der Waals surface area contributed by atoms with Crippen LogP contribution >= 0.6 is 23.2 Å². The first-order valence-electron chi connectivity index (χ1n) is 6.12. The summed E-state index contributed by atoms with van der Waals surface area (Å²) in [6, 6.07) is 3.07. The second-order valence-electron chi connectivity index (χ2n) is 3.95. The van der Waals surface area contributed by atoms with Gasteiger partial charge in [-0.15, -0.1) is 0 Å². The normalized spacial score (nSPS) is 10.5. The van der Waals surface area contributed by atoms with Gasteiger partial charge >= 0.3 is 0 Å². The standard InChI is InChI=1S/C13H18Cl2N2O2/c1-3-17(5-6-19-4-2)13(18)10-7-9(16)8-11(14)12(10)15/h7-8H,3-6,16H2,1-2H3. The molecule has 19 heavy (non-hydrogen) atoms. The summed E-state index contributed by atoms with van der Waals surface area (Å²) >= 11 is 12.0. The van der Waals surface area contributed by atoms with Gasteiger partial charge < -0.3 is 15.4 Å². The Bertz CT molecular complexity index is 453. The third kappa shape index (κ3) is 4.27. The molecule has 1 aromatic carbocycles. The third-order valence-corrected chi connectivity index (χ3v) is 3.46. The van der Waals surface area contributed by atoms with E-state index in [1.807, 2.05) is 13.8 Å². The number of hydrogen-bond donors (Lipinski definition) is 1. The van der Waals surface area contributed by atoms with Gasteiger partial charge in [-0.05, 0) is 26.0 Å². The van der Waals surface area contributed by atoms with E-state index in [1.54, 1.807) is 11.0 Å². The summed E-state index contributed by atoms with van der Waals surface area (Å²) in [5, 5.41) is 0.515. The van der Waals surface area contributed by atoms with Crippen molar-refractivity contribution >= 4 is 34.8 Å². The van der Waals surface area contributed by atoms with Crippen molar-refractivity contribution in [1.29, 1.82) is 0 Å². The van der Waals surface area contributed by atoms with E-state index in [0.717, 1.165) is 0 Å². The molecule has 0 heterocycles. The Kier molecular flexibility index (Phi) is 6.42. The zero-order valence-corrected chi connectivity index (χ0v) is 12.6. The SMILES string of the molecule is CCOCCN(CC)C(=O)c1cc(N)cc(Cl)c1Cl. The number of carbonyl (C=O) groups excluding carboxylic acids is 1. The number of amides is 1. The molecule has 0 aliphatic carbocycles. The summed E-state index contributed by atoms with van der Waals surface area (Å²) in [7, 11) is 0. The fourth-order valence-corrected chi connectivity index (χ4v) is 2.08. The highest BCUT2D eigenvalue weighted by atomic mass is 35.5. The Labute approximate surface area is 123 Å². The molecule has 0 bridgehead atoms. The van der Waals surface area contributed by atoms with Crippen LogP contribution in [0.3, 0.4) is 0 Å². The molecule has 6 heteroatoms. The van der Waals surface area contributed by atoms with Crippen molar-refractivity contribution in [1.82, 2.24) is 4.90 Å². The predicted molar refractivity (Wildman–Crippen MR) is 78.9 cm³/mol. The summed E-state index contributed by atoms with van der Waals surface area (Å²) in [4.78, 5) is 14.0. The summed E-state index contributed by atoms with van der Waals surface area (Å²) in [5.41, 5.74) is 6.43.